The van der Waals surface area contributed by atoms with E-state index in [1.807, 2.05) is 6.92 Å². The summed E-state index contributed by atoms with van der Waals surface area (Å²) in [7, 11) is 0. The molecule has 0 aliphatic heterocycles. The number of thiophene rings is 1. The van der Waals surface area contributed by atoms with Crippen LogP contribution >= 0.6 is 11.3 Å². The van der Waals surface area contributed by atoms with Gasteiger partial charge in [0.15, 0.2) is 0 Å². The van der Waals surface area contributed by atoms with Crippen LogP contribution in [-0.2, 0) is 24.2 Å². The molecule has 3 aromatic rings. The predicted molar refractivity (Wildman–Crippen MR) is 104 cm³/mol. The molecule has 2 heterocycles. The van der Waals surface area contributed by atoms with Crippen LogP contribution in [0, 0.1) is 0 Å². The molecule has 4 rings (SSSR count). The summed E-state index contributed by atoms with van der Waals surface area (Å²) < 4.78 is 10.7. The lowest BCUT2D eigenvalue weighted by Gasteiger charge is -2.09. The van der Waals surface area contributed by atoms with Crippen LogP contribution < -0.4 is 10.3 Å². The highest BCUT2D eigenvalue weighted by molar-refractivity contribution is 7.18. The molecular formula is C20H20N2O4S. The fourth-order valence-electron chi connectivity index (χ4n) is 3.35. The quantitative estimate of drug-likeness (QED) is 0.680. The van der Waals surface area contributed by atoms with E-state index in [9.17, 15) is 9.59 Å². The van der Waals surface area contributed by atoms with Gasteiger partial charge < -0.3 is 14.5 Å². The van der Waals surface area contributed by atoms with E-state index in [0.717, 1.165) is 36.1 Å². The molecule has 0 spiro atoms. The van der Waals surface area contributed by atoms with E-state index in [1.165, 1.54) is 4.88 Å². The Bertz CT molecular complexity index is 1040. The number of ether oxygens (including phenoxy) is 2. The number of aromatic nitrogens is 2. The van der Waals surface area contributed by atoms with E-state index >= 15 is 0 Å². The van der Waals surface area contributed by atoms with Crippen molar-refractivity contribution in [1.82, 2.24) is 9.97 Å². The first-order valence-corrected chi connectivity index (χ1v) is 9.90. The zero-order valence-corrected chi connectivity index (χ0v) is 15.9. The number of rotatable bonds is 5. The highest BCUT2D eigenvalue weighted by Crippen LogP contribution is 2.33. The number of benzene rings is 1. The Hall–Kier alpha value is -2.67. The van der Waals surface area contributed by atoms with Gasteiger partial charge in [0, 0.05) is 4.88 Å². The molecule has 0 atom stereocenters. The van der Waals surface area contributed by atoms with Gasteiger partial charge in [-0.05, 0) is 62.4 Å². The number of esters is 1. The minimum absolute atomic E-state index is 0.0697. The van der Waals surface area contributed by atoms with Gasteiger partial charge >= 0.3 is 5.97 Å². The maximum atomic E-state index is 12.5. The molecule has 0 amide bonds. The second-order valence-corrected chi connectivity index (χ2v) is 7.52. The Morgan fingerprint density at radius 1 is 1.22 bits per heavy atom. The van der Waals surface area contributed by atoms with E-state index in [4.69, 9.17) is 9.47 Å². The zero-order chi connectivity index (χ0) is 18.8. The van der Waals surface area contributed by atoms with Crippen molar-refractivity contribution in [2.75, 3.05) is 6.61 Å². The number of carbonyl (C=O) groups excluding carboxylic acids is 1. The minimum Gasteiger partial charge on any atom is -0.494 e. The summed E-state index contributed by atoms with van der Waals surface area (Å²) in [6, 6.07) is 6.75. The molecule has 0 unspecified atom stereocenters. The number of nitrogens with one attached hydrogen (secondary N) is 1. The van der Waals surface area contributed by atoms with Gasteiger partial charge in [-0.3, -0.25) is 4.79 Å². The molecule has 1 aromatic carbocycles. The van der Waals surface area contributed by atoms with Gasteiger partial charge in [-0.15, -0.1) is 11.3 Å². The molecule has 1 aliphatic carbocycles. The van der Waals surface area contributed by atoms with E-state index in [2.05, 4.69) is 9.97 Å². The van der Waals surface area contributed by atoms with Crippen LogP contribution in [0.5, 0.6) is 5.75 Å². The summed E-state index contributed by atoms with van der Waals surface area (Å²) in [5.41, 5.74) is 1.42. The number of hydrogen-bond donors (Lipinski definition) is 1. The summed E-state index contributed by atoms with van der Waals surface area (Å²) in [5, 5.41) is 0.705. The third-order valence-electron chi connectivity index (χ3n) is 4.62. The van der Waals surface area contributed by atoms with Gasteiger partial charge in [0.1, 0.15) is 23.0 Å². The monoisotopic (exact) mass is 384 g/mol. The fourth-order valence-corrected chi connectivity index (χ4v) is 4.63. The predicted octanol–water partition coefficient (Wildman–Crippen LogP) is 3.62. The lowest BCUT2D eigenvalue weighted by molar-refractivity contribution is 0.0462. The van der Waals surface area contributed by atoms with Crippen LogP contribution in [-0.4, -0.2) is 22.5 Å². The van der Waals surface area contributed by atoms with E-state index in [1.54, 1.807) is 35.6 Å². The third-order valence-corrected chi connectivity index (χ3v) is 5.80. The van der Waals surface area contributed by atoms with Gasteiger partial charge in [0.2, 0.25) is 0 Å². The second kappa shape index (κ2) is 7.52. The standard InChI is InChI=1S/C20H20N2O4S/c1-2-25-13-9-7-12(8-10-13)20(24)26-11-16-21-18(23)17-14-5-3-4-6-15(14)27-19(17)22-16/h7-10H,2-6,11H2,1H3,(H,21,22,23). The first-order valence-electron chi connectivity index (χ1n) is 9.09. The van der Waals surface area contributed by atoms with Crippen molar-refractivity contribution in [3.63, 3.8) is 0 Å². The van der Waals surface area contributed by atoms with Crippen LogP contribution in [0.4, 0.5) is 0 Å². The Morgan fingerprint density at radius 2 is 2.00 bits per heavy atom. The molecule has 1 N–H and O–H groups in total. The maximum Gasteiger partial charge on any atom is 0.338 e. The lowest BCUT2D eigenvalue weighted by Crippen LogP contribution is -2.15. The lowest BCUT2D eigenvalue weighted by atomic mass is 9.97. The fraction of sp³-hybridized carbons (Fsp3) is 0.350. The molecule has 27 heavy (non-hydrogen) atoms. The van der Waals surface area contributed by atoms with Crippen molar-refractivity contribution in [2.24, 2.45) is 0 Å². The van der Waals surface area contributed by atoms with Gasteiger partial charge in [-0.1, -0.05) is 0 Å². The third kappa shape index (κ3) is 3.60. The molecule has 2 aromatic heterocycles. The molecule has 0 bridgehead atoms. The van der Waals surface area contributed by atoms with Crippen molar-refractivity contribution < 1.29 is 14.3 Å². The Labute approximate surface area is 160 Å². The average molecular weight is 384 g/mol. The van der Waals surface area contributed by atoms with Crippen molar-refractivity contribution >= 4 is 27.5 Å². The molecular weight excluding hydrogens is 364 g/mol. The molecule has 6 nitrogen and oxygen atoms in total. The SMILES string of the molecule is CCOc1ccc(C(=O)OCc2nc3sc4c(c3c(=O)[nH]2)CCCC4)cc1. The average Bonchev–Trinajstić information content (AvgIpc) is 3.06. The second-order valence-electron chi connectivity index (χ2n) is 6.44. The first-order chi connectivity index (χ1) is 13.2. The molecule has 0 saturated carbocycles. The van der Waals surface area contributed by atoms with E-state index in [0.29, 0.717) is 29.1 Å². The Kier molecular flexibility index (Phi) is 4.94. The van der Waals surface area contributed by atoms with E-state index < -0.39 is 5.97 Å². The number of nitrogens with zero attached hydrogens (tertiary/aromatic N) is 1. The van der Waals surface area contributed by atoms with Crippen LogP contribution in [0.25, 0.3) is 10.2 Å². The number of aryl methyl sites for hydroxylation is 2. The molecule has 140 valence electrons. The van der Waals surface area contributed by atoms with Gasteiger partial charge in [-0.2, -0.15) is 0 Å². The largest absolute Gasteiger partial charge is 0.494 e. The van der Waals surface area contributed by atoms with Crippen molar-refractivity contribution in [3.05, 3.63) is 56.4 Å². The summed E-state index contributed by atoms with van der Waals surface area (Å²) >= 11 is 1.58. The molecule has 1 aliphatic rings. The van der Waals surface area contributed by atoms with Gasteiger partial charge in [0.25, 0.3) is 5.56 Å². The van der Waals surface area contributed by atoms with Crippen LogP contribution in [0.1, 0.15) is 46.4 Å². The minimum atomic E-state index is -0.466. The molecule has 7 heteroatoms. The van der Waals surface area contributed by atoms with Crippen LogP contribution in [0.3, 0.4) is 0 Å². The normalized spacial score (nSPS) is 13.4. The molecule has 0 saturated heterocycles. The number of carbonyl (C=O) groups is 1. The van der Waals surface area contributed by atoms with Crippen molar-refractivity contribution in [3.8, 4) is 5.75 Å². The summed E-state index contributed by atoms with van der Waals surface area (Å²) in [6.45, 7) is 2.40. The Morgan fingerprint density at radius 3 is 2.78 bits per heavy atom. The number of H-pyrrole nitrogens is 1. The Balaban J connectivity index is 1.50. The number of hydrogen-bond acceptors (Lipinski definition) is 6. The van der Waals surface area contributed by atoms with Crippen LogP contribution in [0.2, 0.25) is 0 Å². The smallest absolute Gasteiger partial charge is 0.338 e. The first kappa shape index (κ1) is 17.7. The van der Waals surface area contributed by atoms with Gasteiger partial charge in [0.05, 0.1) is 17.6 Å². The number of aromatic amines is 1. The summed E-state index contributed by atoms with van der Waals surface area (Å²) in [6.07, 6.45) is 4.22. The number of fused-ring (bicyclic) bond motifs is 3. The summed E-state index contributed by atoms with van der Waals surface area (Å²) in [5.74, 6) is 0.601. The van der Waals surface area contributed by atoms with Crippen molar-refractivity contribution in [2.45, 2.75) is 39.2 Å². The maximum absolute atomic E-state index is 12.5. The zero-order valence-electron chi connectivity index (χ0n) is 15.0. The molecule has 0 fully saturated rings. The highest BCUT2D eigenvalue weighted by atomic mass is 32.1. The topological polar surface area (TPSA) is 81.3 Å². The van der Waals surface area contributed by atoms with Crippen molar-refractivity contribution in [1.29, 1.82) is 0 Å². The van der Waals surface area contributed by atoms with E-state index in [-0.39, 0.29) is 12.2 Å². The van der Waals surface area contributed by atoms with Crippen LogP contribution in [0.15, 0.2) is 29.1 Å². The van der Waals surface area contributed by atoms with Gasteiger partial charge in [-0.25, -0.2) is 9.78 Å². The summed E-state index contributed by atoms with van der Waals surface area (Å²) in [4.78, 5) is 34.0. The highest BCUT2D eigenvalue weighted by Gasteiger charge is 2.20. The molecule has 0 radical (unpaired) electrons.